The van der Waals surface area contributed by atoms with Crippen LogP contribution in [0.15, 0.2) is 42.6 Å². The lowest BCUT2D eigenvalue weighted by Gasteiger charge is -2.47. The second kappa shape index (κ2) is 18.5. The van der Waals surface area contributed by atoms with Crippen LogP contribution in [0, 0.1) is 23.7 Å². The number of carbonyl (C=O) groups is 4. The fourth-order valence-corrected chi connectivity index (χ4v) is 9.16. The van der Waals surface area contributed by atoms with Gasteiger partial charge in [0.25, 0.3) is 5.17 Å². The first-order chi connectivity index (χ1) is 27.3. The van der Waals surface area contributed by atoms with Gasteiger partial charge in [0.05, 0.1) is 17.7 Å². The maximum absolute atomic E-state index is 14.5. The zero-order valence-corrected chi connectivity index (χ0v) is 36.0. The molecule has 5 rings (SSSR count). The molecule has 58 heavy (non-hydrogen) atoms. The van der Waals surface area contributed by atoms with E-state index < -0.39 is 83.4 Å². The van der Waals surface area contributed by atoms with E-state index in [1.54, 1.807) is 46.9 Å². The van der Waals surface area contributed by atoms with Crippen LogP contribution < -0.4 is 10.6 Å². The Hall–Kier alpha value is -4.02. The van der Waals surface area contributed by atoms with Gasteiger partial charge in [0, 0.05) is 41.9 Å². The number of para-hydroxylation sites is 1. The molecule has 0 spiro atoms. The number of benzene rings is 1. The van der Waals surface area contributed by atoms with Gasteiger partial charge in [0.1, 0.15) is 35.6 Å². The summed E-state index contributed by atoms with van der Waals surface area (Å²) in [5.74, 6) is -5.45. The van der Waals surface area contributed by atoms with Crippen LogP contribution in [-0.2, 0) is 38.1 Å². The van der Waals surface area contributed by atoms with Crippen molar-refractivity contribution < 1.29 is 48.0 Å². The highest BCUT2D eigenvalue weighted by Crippen LogP contribution is 2.40. The van der Waals surface area contributed by atoms with E-state index in [0.717, 1.165) is 16.5 Å². The van der Waals surface area contributed by atoms with E-state index in [-0.39, 0.29) is 36.1 Å². The summed E-state index contributed by atoms with van der Waals surface area (Å²) >= 11 is 5.41. The molecule has 1 unspecified atom stereocenters. The lowest BCUT2D eigenvalue weighted by Crippen LogP contribution is -2.60. The number of carbonyl (C=O) groups excluding carboxylic acids is 4. The summed E-state index contributed by atoms with van der Waals surface area (Å²) in [6.07, 6.45) is 0.297. The number of Topliss-reactive ketones (excluding diaryl/α,β-unsaturated/α-hetero) is 2. The number of pyridine rings is 1. The fraction of sp³-hybridized carbons (Fsp3) is 0.628. The van der Waals surface area contributed by atoms with Crippen LogP contribution in [0.25, 0.3) is 17.0 Å². The summed E-state index contributed by atoms with van der Waals surface area (Å²) in [7, 11) is 3.68. The first kappa shape index (κ1) is 45.1. The Morgan fingerprint density at radius 2 is 1.81 bits per heavy atom. The highest BCUT2D eigenvalue weighted by Gasteiger charge is 2.57. The van der Waals surface area contributed by atoms with E-state index in [2.05, 4.69) is 15.6 Å². The number of likely N-dealkylation sites (N-methyl/N-ethyl adjacent to an activating group) is 1. The van der Waals surface area contributed by atoms with Crippen molar-refractivity contribution in [1.29, 1.82) is 0 Å². The number of alkyl carbamates (subject to hydrolysis) is 1. The first-order valence-corrected chi connectivity index (χ1v) is 20.6. The molecule has 0 saturated carbocycles. The molecule has 1 aromatic carbocycles. The molecule has 1 aromatic heterocycles. The van der Waals surface area contributed by atoms with E-state index in [1.165, 1.54) is 6.92 Å². The SMILES string of the molecule is CC[C@H]1OC(=O)[C@H](C)C(=O)[C@H](C)C(O[C@@H]2O[C@H](C)C[C@H](N(C)C)[C@H]2O)[C@](C)(OC(=O)NC/C=C/c2cnc3ccccc3c2)C[C@@H](C)C(=O)[C@H](C)[C@H]2NC(=S)O[C@@]21C. The lowest BCUT2D eigenvalue weighted by atomic mass is 9.73. The number of aliphatic hydroxyl groups excluding tert-OH is 1. The molecule has 3 aliphatic rings. The molecule has 13 atom stereocenters. The average Bonchev–Trinajstić information content (AvgIpc) is 3.50. The number of amides is 1. The van der Waals surface area contributed by atoms with Crippen molar-refractivity contribution in [2.45, 2.75) is 129 Å². The predicted octanol–water partition coefficient (Wildman–Crippen LogP) is 4.98. The van der Waals surface area contributed by atoms with E-state index in [4.69, 9.17) is 35.9 Å². The number of ether oxygens (including phenoxy) is 5. The minimum atomic E-state index is -1.70. The maximum Gasteiger partial charge on any atom is 0.408 e. The quantitative estimate of drug-likeness (QED) is 0.185. The monoisotopic (exact) mass is 824 g/mol. The van der Waals surface area contributed by atoms with E-state index in [1.807, 2.05) is 69.3 Å². The molecule has 15 heteroatoms. The van der Waals surface area contributed by atoms with Crippen molar-refractivity contribution in [1.82, 2.24) is 20.5 Å². The molecule has 318 valence electrons. The molecule has 4 heterocycles. The third-order valence-electron chi connectivity index (χ3n) is 12.1. The van der Waals surface area contributed by atoms with Crippen molar-refractivity contribution in [2.75, 3.05) is 20.6 Å². The second-order valence-electron chi connectivity index (χ2n) is 16.8. The third-order valence-corrected chi connectivity index (χ3v) is 12.3. The number of fused-ring (bicyclic) bond motifs is 2. The van der Waals surface area contributed by atoms with Crippen LogP contribution in [0.3, 0.4) is 0 Å². The normalized spacial score (nSPS) is 36.5. The van der Waals surface area contributed by atoms with Crippen molar-refractivity contribution >= 4 is 58.0 Å². The molecule has 0 aliphatic carbocycles. The summed E-state index contributed by atoms with van der Waals surface area (Å²) in [5.41, 5.74) is -1.23. The van der Waals surface area contributed by atoms with Gasteiger partial charge in [0.15, 0.2) is 17.7 Å². The molecule has 3 N–H and O–H groups in total. The van der Waals surface area contributed by atoms with Crippen LogP contribution >= 0.6 is 12.2 Å². The summed E-state index contributed by atoms with van der Waals surface area (Å²) < 4.78 is 31.2. The molecule has 14 nitrogen and oxygen atoms in total. The van der Waals surface area contributed by atoms with E-state index in [9.17, 15) is 24.3 Å². The van der Waals surface area contributed by atoms with Crippen molar-refractivity contribution in [3.63, 3.8) is 0 Å². The third kappa shape index (κ3) is 9.71. The largest absolute Gasteiger partial charge is 0.459 e. The Morgan fingerprint density at radius 1 is 1.10 bits per heavy atom. The number of cyclic esters (lactones) is 1. The smallest absolute Gasteiger partial charge is 0.408 e. The Morgan fingerprint density at radius 3 is 2.50 bits per heavy atom. The topological polar surface area (TPSA) is 175 Å². The fourth-order valence-electron chi connectivity index (χ4n) is 8.85. The summed E-state index contributed by atoms with van der Waals surface area (Å²) in [6, 6.07) is 8.68. The molecular formula is C43H60N4O10S. The van der Waals surface area contributed by atoms with Gasteiger partial charge in [0.2, 0.25) is 0 Å². The summed E-state index contributed by atoms with van der Waals surface area (Å²) in [6.45, 7) is 13.6. The molecular weight excluding hydrogens is 765 g/mol. The van der Waals surface area contributed by atoms with Gasteiger partial charge in [-0.15, -0.1) is 0 Å². The number of hydrogen-bond donors (Lipinski definition) is 3. The van der Waals surface area contributed by atoms with Gasteiger partial charge >= 0.3 is 12.1 Å². The van der Waals surface area contributed by atoms with Gasteiger partial charge in [-0.1, -0.05) is 58.0 Å². The van der Waals surface area contributed by atoms with Gasteiger partial charge in [-0.3, -0.25) is 19.4 Å². The van der Waals surface area contributed by atoms with Gasteiger partial charge in [-0.05, 0) is 91.0 Å². The highest BCUT2D eigenvalue weighted by atomic mass is 32.1. The Kier molecular flexibility index (Phi) is 14.4. The number of rotatable bonds is 8. The van der Waals surface area contributed by atoms with Gasteiger partial charge < -0.3 is 44.3 Å². The van der Waals surface area contributed by atoms with Crippen LogP contribution in [-0.4, -0.2) is 118 Å². The minimum absolute atomic E-state index is 0.0666. The maximum atomic E-state index is 14.5. The van der Waals surface area contributed by atoms with E-state index in [0.29, 0.717) is 12.8 Å². The minimum Gasteiger partial charge on any atom is -0.459 e. The van der Waals surface area contributed by atoms with Crippen LogP contribution in [0.1, 0.15) is 80.2 Å². The van der Waals surface area contributed by atoms with Crippen LogP contribution in [0.5, 0.6) is 0 Å². The number of hydrogen-bond acceptors (Lipinski definition) is 13. The van der Waals surface area contributed by atoms with Crippen LogP contribution in [0.4, 0.5) is 4.79 Å². The zero-order chi connectivity index (χ0) is 42.7. The number of nitrogens with zero attached hydrogens (tertiary/aromatic N) is 2. The Balaban J connectivity index is 1.51. The summed E-state index contributed by atoms with van der Waals surface area (Å²) in [5, 5.41) is 18.5. The highest BCUT2D eigenvalue weighted by molar-refractivity contribution is 7.80. The molecule has 3 fully saturated rings. The molecule has 3 aliphatic heterocycles. The zero-order valence-electron chi connectivity index (χ0n) is 35.2. The number of aromatic nitrogens is 1. The van der Waals surface area contributed by atoms with E-state index >= 15 is 0 Å². The lowest BCUT2D eigenvalue weighted by molar-refractivity contribution is -0.292. The first-order valence-electron chi connectivity index (χ1n) is 20.2. The predicted molar refractivity (Wildman–Crippen MR) is 221 cm³/mol. The van der Waals surface area contributed by atoms with Gasteiger partial charge in [-0.2, -0.15) is 0 Å². The molecule has 2 aromatic rings. The van der Waals surface area contributed by atoms with Crippen LogP contribution in [0.2, 0.25) is 0 Å². The molecule has 0 bridgehead atoms. The van der Waals surface area contributed by atoms with Crippen molar-refractivity contribution in [3.8, 4) is 0 Å². The standard InChI is InChI=1S/C43H60N4O10S/c1-11-32-43(8)36(46-41(58)57-43)25(4)33(48)23(2)21-42(7,56-40(52)44-18-14-15-28-20-29-16-12-13-17-30(29)45-22-28)37(26(5)34(49)27(6)38(51)54-32)55-39-35(50)31(47(9)10)19-24(3)53-39/h12-17,20,22-27,31-32,35-37,39,50H,11,18-19,21H2,1-10H3,(H,44,52)(H,46,58)/b15-14+/t23-,24-,25+,26+,27-,31+,32-,35-,36-,37?,39+,42-,43-/m1/s1. The Bertz CT molecular complexity index is 1880. The van der Waals surface area contributed by atoms with Crippen molar-refractivity contribution in [3.05, 3.63) is 48.2 Å². The molecule has 0 radical (unpaired) electrons. The number of nitrogens with one attached hydrogen (secondary N) is 2. The Labute approximate surface area is 346 Å². The number of esters is 1. The number of aliphatic hydroxyl groups is 1. The number of ketones is 2. The summed E-state index contributed by atoms with van der Waals surface area (Å²) in [4.78, 5) is 63.0. The molecule has 3 saturated heterocycles. The second-order valence-corrected chi connectivity index (χ2v) is 17.2. The average molecular weight is 825 g/mol. The molecule has 1 amide bonds. The number of thiocarbonyl (C=S) groups is 1. The van der Waals surface area contributed by atoms with Gasteiger partial charge in [-0.25, -0.2) is 4.79 Å². The van der Waals surface area contributed by atoms with Crippen molar-refractivity contribution in [2.24, 2.45) is 23.7 Å².